The molecule has 1 aliphatic heterocycles. The van der Waals surface area contributed by atoms with Crippen LogP contribution in [0.2, 0.25) is 0 Å². The van der Waals surface area contributed by atoms with Crippen molar-refractivity contribution in [3.05, 3.63) is 41.6 Å². The highest BCUT2D eigenvalue weighted by atomic mass is 32.2. The van der Waals surface area contributed by atoms with Crippen molar-refractivity contribution in [2.24, 2.45) is 16.6 Å². The van der Waals surface area contributed by atoms with Gasteiger partial charge in [0.05, 0.1) is 10.6 Å². The van der Waals surface area contributed by atoms with E-state index in [1.165, 1.54) is 12.1 Å². The van der Waals surface area contributed by atoms with Gasteiger partial charge in [0.1, 0.15) is 11.6 Å². The number of nitrogens with two attached hydrogens (primary N) is 1. The summed E-state index contributed by atoms with van der Waals surface area (Å²) in [7, 11) is -4.18. The van der Waals surface area contributed by atoms with E-state index in [1.807, 2.05) is 6.92 Å². The van der Waals surface area contributed by atoms with E-state index in [-0.39, 0.29) is 10.8 Å². The summed E-state index contributed by atoms with van der Waals surface area (Å²) in [6, 6.07) is 5.07. The third-order valence-electron chi connectivity index (χ3n) is 4.73. The lowest BCUT2D eigenvalue weighted by atomic mass is 10.1. The average Bonchev–Trinajstić information content (AvgIpc) is 3.48. The molecule has 2 aliphatic rings. The van der Waals surface area contributed by atoms with Crippen LogP contribution in [-0.2, 0) is 19.6 Å². The van der Waals surface area contributed by atoms with Crippen LogP contribution in [0.4, 0.5) is 4.79 Å². The summed E-state index contributed by atoms with van der Waals surface area (Å²) >= 11 is 0. The van der Waals surface area contributed by atoms with Crippen LogP contribution in [0.25, 0.3) is 0 Å². The first-order valence-electron chi connectivity index (χ1n) is 10.3. The normalized spacial score (nSPS) is 19.7. The third kappa shape index (κ3) is 6.30. The molecular formula is C21H29N5O5S. The molecule has 1 unspecified atom stereocenters. The van der Waals surface area contributed by atoms with Crippen molar-refractivity contribution in [1.29, 1.82) is 0 Å². The van der Waals surface area contributed by atoms with Crippen LogP contribution < -0.4 is 21.1 Å². The van der Waals surface area contributed by atoms with E-state index < -0.39 is 40.0 Å². The molecule has 1 saturated carbocycles. The first-order chi connectivity index (χ1) is 14.8. The molecule has 0 radical (unpaired) electrons. The largest absolute Gasteiger partial charge is 0.444 e. The maximum Gasteiger partial charge on any atom is 0.408 e. The number of nitrogens with zero attached hydrogens (tertiary/aromatic N) is 1. The number of allylic oxidation sites excluding steroid dienone is 2. The van der Waals surface area contributed by atoms with E-state index in [4.69, 9.17) is 10.5 Å². The van der Waals surface area contributed by atoms with Crippen molar-refractivity contribution in [2.45, 2.75) is 63.4 Å². The van der Waals surface area contributed by atoms with E-state index in [9.17, 15) is 18.0 Å². The van der Waals surface area contributed by atoms with E-state index in [1.54, 1.807) is 39.0 Å². The summed E-state index contributed by atoms with van der Waals surface area (Å²) in [4.78, 5) is 29.1. The topological polar surface area (TPSA) is 152 Å². The van der Waals surface area contributed by atoms with Crippen LogP contribution >= 0.6 is 0 Å². The molecule has 0 bridgehead atoms. The van der Waals surface area contributed by atoms with Crippen LogP contribution in [0.15, 0.2) is 45.9 Å². The maximum absolute atomic E-state index is 12.9. The zero-order chi connectivity index (χ0) is 23.7. The second kappa shape index (κ2) is 8.91. The van der Waals surface area contributed by atoms with Gasteiger partial charge in [-0.3, -0.25) is 10.5 Å². The molecule has 5 N–H and O–H groups in total. The van der Waals surface area contributed by atoms with Gasteiger partial charge in [0.2, 0.25) is 0 Å². The Hall–Kier alpha value is -2.92. The number of carbonyl (C=O) groups is 2. The number of aliphatic imine (C=N–C) groups is 1. The number of sulfonamides is 1. The summed E-state index contributed by atoms with van der Waals surface area (Å²) in [5.41, 5.74) is 6.95. The van der Waals surface area contributed by atoms with Gasteiger partial charge >= 0.3 is 6.09 Å². The molecule has 1 fully saturated rings. The van der Waals surface area contributed by atoms with Crippen LogP contribution in [0.5, 0.6) is 0 Å². The highest BCUT2D eigenvalue weighted by Gasteiger charge is 2.39. The molecule has 11 heteroatoms. The van der Waals surface area contributed by atoms with Gasteiger partial charge in [-0.2, -0.15) is 0 Å². The van der Waals surface area contributed by atoms with Gasteiger partial charge in [-0.25, -0.2) is 22.9 Å². The van der Waals surface area contributed by atoms with Gasteiger partial charge in [-0.1, -0.05) is 12.1 Å². The van der Waals surface area contributed by atoms with E-state index in [2.05, 4.69) is 20.3 Å². The molecule has 3 rings (SSSR count). The summed E-state index contributed by atoms with van der Waals surface area (Å²) in [6.07, 6.45) is 1.77. The zero-order valence-electron chi connectivity index (χ0n) is 18.5. The number of carbonyl (C=O) groups excluding carboxylic acids is 2. The monoisotopic (exact) mass is 463 g/mol. The lowest BCUT2D eigenvalue weighted by Gasteiger charge is -2.23. The molecule has 1 heterocycles. The molecule has 1 aromatic carbocycles. The molecule has 0 saturated heterocycles. The van der Waals surface area contributed by atoms with Crippen LogP contribution in [0.1, 0.15) is 46.1 Å². The second-order valence-electron chi connectivity index (χ2n) is 8.89. The van der Waals surface area contributed by atoms with Crippen molar-refractivity contribution in [1.82, 2.24) is 15.4 Å². The Balaban J connectivity index is 1.76. The number of hydrogen-bond donors (Lipinski definition) is 4. The Morgan fingerprint density at radius 1 is 1.28 bits per heavy atom. The average molecular weight is 464 g/mol. The van der Waals surface area contributed by atoms with Crippen molar-refractivity contribution < 1.29 is 22.7 Å². The Morgan fingerprint density at radius 2 is 1.97 bits per heavy atom. The van der Waals surface area contributed by atoms with Gasteiger partial charge in [0.25, 0.3) is 15.9 Å². The standard InChI is InChI=1S/C21H29N5O5S/c1-12-10-16(24-19(22)23-12)14-6-5-7-15(11-14)32(29,30)26-18(27)17(13-8-9-13)25-20(28)31-21(2,3)4/h5-7,10-11,13,17,19,23H,8-9,22H2,1-4H3,(H,25,28)(H,26,27)/t17-,19?/m0/s1. The number of alkyl carbamates (subject to hydrolysis) is 1. The Kier molecular flexibility index (Phi) is 6.61. The van der Waals surface area contributed by atoms with E-state index >= 15 is 0 Å². The number of benzene rings is 1. The van der Waals surface area contributed by atoms with Gasteiger partial charge in [0, 0.05) is 11.3 Å². The fraction of sp³-hybridized carbons (Fsp3) is 0.476. The fourth-order valence-corrected chi connectivity index (χ4v) is 4.25. The van der Waals surface area contributed by atoms with Crippen molar-refractivity contribution >= 4 is 27.7 Å². The minimum Gasteiger partial charge on any atom is -0.444 e. The van der Waals surface area contributed by atoms with Crippen LogP contribution in [0, 0.1) is 5.92 Å². The molecule has 2 atom stereocenters. The molecule has 0 aromatic heterocycles. The van der Waals surface area contributed by atoms with Crippen LogP contribution in [0.3, 0.4) is 0 Å². The lowest BCUT2D eigenvalue weighted by Crippen LogP contribution is -2.50. The Morgan fingerprint density at radius 3 is 2.56 bits per heavy atom. The van der Waals surface area contributed by atoms with E-state index in [0.717, 1.165) is 5.70 Å². The molecule has 32 heavy (non-hydrogen) atoms. The molecule has 1 aromatic rings. The highest BCUT2D eigenvalue weighted by Crippen LogP contribution is 2.33. The molecular weight excluding hydrogens is 434 g/mol. The van der Waals surface area contributed by atoms with Gasteiger partial charge in [0.15, 0.2) is 6.29 Å². The Labute approximate surface area is 187 Å². The quantitative estimate of drug-likeness (QED) is 0.497. The summed E-state index contributed by atoms with van der Waals surface area (Å²) in [5.74, 6) is -0.941. The number of hydrogen-bond acceptors (Lipinski definition) is 8. The van der Waals surface area contributed by atoms with Crippen molar-refractivity contribution in [2.75, 3.05) is 0 Å². The third-order valence-corrected chi connectivity index (χ3v) is 6.07. The number of ether oxygens (including phenoxy) is 1. The number of nitrogens with one attached hydrogen (secondary N) is 3. The second-order valence-corrected chi connectivity index (χ2v) is 10.6. The smallest absolute Gasteiger partial charge is 0.408 e. The molecule has 0 spiro atoms. The van der Waals surface area contributed by atoms with Crippen LogP contribution in [-0.4, -0.2) is 44.1 Å². The maximum atomic E-state index is 12.9. The molecule has 1 aliphatic carbocycles. The minimum absolute atomic E-state index is 0.101. The van der Waals surface area contributed by atoms with Crippen molar-refractivity contribution in [3.63, 3.8) is 0 Å². The fourth-order valence-electron chi connectivity index (χ4n) is 3.20. The minimum atomic E-state index is -4.18. The summed E-state index contributed by atoms with van der Waals surface area (Å²) in [5, 5.41) is 5.44. The Bertz CT molecular complexity index is 1070. The summed E-state index contributed by atoms with van der Waals surface area (Å²) < 4.78 is 33.1. The summed E-state index contributed by atoms with van der Waals surface area (Å²) in [6.45, 7) is 6.93. The number of amides is 2. The van der Waals surface area contributed by atoms with Gasteiger partial charge in [-0.05, 0) is 64.7 Å². The zero-order valence-corrected chi connectivity index (χ0v) is 19.3. The molecule has 2 amide bonds. The first-order valence-corrected chi connectivity index (χ1v) is 11.8. The van der Waals surface area contributed by atoms with Gasteiger partial charge in [-0.15, -0.1) is 0 Å². The van der Waals surface area contributed by atoms with Gasteiger partial charge < -0.3 is 15.4 Å². The highest BCUT2D eigenvalue weighted by molar-refractivity contribution is 7.90. The van der Waals surface area contributed by atoms with E-state index in [0.29, 0.717) is 24.1 Å². The molecule has 10 nitrogen and oxygen atoms in total. The first kappa shape index (κ1) is 23.7. The predicted octanol–water partition coefficient (Wildman–Crippen LogP) is 1.33. The number of rotatable bonds is 6. The SMILES string of the molecule is CC1=CC(c2cccc(S(=O)(=O)NC(=O)[C@@H](NC(=O)OC(C)(C)C)C3CC3)c2)=NC(N)N1. The van der Waals surface area contributed by atoms with Crippen molar-refractivity contribution in [3.8, 4) is 0 Å². The predicted molar refractivity (Wildman–Crippen MR) is 119 cm³/mol. The lowest BCUT2D eigenvalue weighted by molar-refractivity contribution is -0.121. The molecule has 174 valence electrons.